The average Bonchev–Trinajstić information content (AvgIpc) is 2.71. The molecule has 0 radical (unpaired) electrons. The minimum Gasteiger partial charge on any atom is -0.368 e. The molecule has 0 saturated heterocycles. The molecule has 0 saturated carbocycles. The second-order valence-corrected chi connectivity index (χ2v) is 3.72. The Labute approximate surface area is 98.7 Å². The first-order chi connectivity index (χ1) is 8.13. The molecule has 0 spiro atoms. The van der Waals surface area contributed by atoms with Gasteiger partial charge in [0.2, 0.25) is 0 Å². The largest absolute Gasteiger partial charge is 0.368 e. The van der Waals surface area contributed by atoms with Crippen molar-refractivity contribution < 1.29 is 4.39 Å². The van der Waals surface area contributed by atoms with Crippen LogP contribution in [0.15, 0.2) is 12.5 Å². The summed E-state index contributed by atoms with van der Waals surface area (Å²) in [6.07, 6.45) is 3.31. The third kappa shape index (κ3) is 2.11. The molecule has 0 atom stereocenters. The molecule has 1 N–H and O–H groups in total. The Bertz CT molecular complexity index is 535. The van der Waals surface area contributed by atoms with Crippen LogP contribution >= 0.6 is 0 Å². The van der Waals surface area contributed by atoms with Gasteiger partial charge in [-0.2, -0.15) is 0 Å². The summed E-state index contributed by atoms with van der Waals surface area (Å²) < 4.78 is 15.5. The number of nitrogens with one attached hydrogen (secondary N) is 1. The van der Waals surface area contributed by atoms with E-state index in [0.717, 1.165) is 5.69 Å². The standard InChI is InChI=1S/C11H14FN5/c1-4-14-11-9(12)7(2)15-10(16-11)8-5-13-6-17(8)3/h5-6H,4H2,1-3H3,(H,14,15,16). The van der Waals surface area contributed by atoms with Gasteiger partial charge in [-0.15, -0.1) is 0 Å². The van der Waals surface area contributed by atoms with Gasteiger partial charge >= 0.3 is 0 Å². The molecule has 2 aromatic rings. The van der Waals surface area contributed by atoms with Crippen LogP contribution in [0.1, 0.15) is 12.6 Å². The van der Waals surface area contributed by atoms with Crippen molar-refractivity contribution in [1.82, 2.24) is 19.5 Å². The second kappa shape index (κ2) is 4.48. The summed E-state index contributed by atoms with van der Waals surface area (Å²) in [4.78, 5) is 12.3. The van der Waals surface area contributed by atoms with Crippen molar-refractivity contribution in [3.05, 3.63) is 24.0 Å². The van der Waals surface area contributed by atoms with Gasteiger partial charge in [-0.1, -0.05) is 0 Å². The summed E-state index contributed by atoms with van der Waals surface area (Å²) >= 11 is 0. The molecule has 2 aromatic heterocycles. The summed E-state index contributed by atoms with van der Waals surface area (Å²) in [7, 11) is 1.84. The topological polar surface area (TPSA) is 55.6 Å². The molecule has 0 aromatic carbocycles. The van der Waals surface area contributed by atoms with Gasteiger partial charge in [0, 0.05) is 13.6 Å². The van der Waals surface area contributed by atoms with E-state index in [4.69, 9.17) is 0 Å². The molecule has 0 amide bonds. The number of anilines is 1. The van der Waals surface area contributed by atoms with E-state index in [9.17, 15) is 4.39 Å². The lowest BCUT2D eigenvalue weighted by Crippen LogP contribution is -2.07. The first-order valence-corrected chi connectivity index (χ1v) is 5.38. The number of halogens is 1. The van der Waals surface area contributed by atoms with Crippen LogP contribution in [0.2, 0.25) is 0 Å². The van der Waals surface area contributed by atoms with Crippen LogP contribution < -0.4 is 5.32 Å². The molecule has 2 heterocycles. The Balaban J connectivity index is 2.53. The predicted octanol–water partition coefficient (Wildman–Crippen LogP) is 1.76. The highest BCUT2D eigenvalue weighted by molar-refractivity contribution is 5.53. The molecule has 17 heavy (non-hydrogen) atoms. The average molecular weight is 235 g/mol. The minimum atomic E-state index is -0.405. The zero-order valence-electron chi connectivity index (χ0n) is 10.0. The maximum atomic E-state index is 13.7. The van der Waals surface area contributed by atoms with Gasteiger partial charge in [-0.25, -0.2) is 19.3 Å². The van der Waals surface area contributed by atoms with Crippen molar-refractivity contribution in [2.24, 2.45) is 7.05 Å². The second-order valence-electron chi connectivity index (χ2n) is 3.72. The first kappa shape index (κ1) is 11.5. The Morgan fingerprint density at radius 3 is 2.76 bits per heavy atom. The van der Waals surface area contributed by atoms with E-state index in [1.165, 1.54) is 0 Å². The minimum absolute atomic E-state index is 0.233. The van der Waals surface area contributed by atoms with Crippen LogP contribution in [0.25, 0.3) is 11.5 Å². The molecule has 2 rings (SSSR count). The smallest absolute Gasteiger partial charge is 0.186 e. The van der Waals surface area contributed by atoms with Crippen LogP contribution in [0, 0.1) is 12.7 Å². The molecule has 0 fully saturated rings. The van der Waals surface area contributed by atoms with Crippen molar-refractivity contribution >= 4 is 5.82 Å². The monoisotopic (exact) mass is 235 g/mol. The van der Waals surface area contributed by atoms with E-state index in [1.54, 1.807) is 24.0 Å². The Morgan fingerprint density at radius 2 is 2.18 bits per heavy atom. The maximum absolute atomic E-state index is 13.7. The fourth-order valence-corrected chi connectivity index (χ4v) is 1.53. The number of hydrogen-bond donors (Lipinski definition) is 1. The van der Waals surface area contributed by atoms with Crippen molar-refractivity contribution in [2.75, 3.05) is 11.9 Å². The number of aryl methyl sites for hydroxylation is 2. The van der Waals surface area contributed by atoms with Gasteiger partial charge in [0.15, 0.2) is 17.5 Å². The lowest BCUT2D eigenvalue weighted by Gasteiger charge is -2.08. The number of imidazole rings is 1. The molecule has 0 aliphatic rings. The molecular weight excluding hydrogens is 221 g/mol. The van der Waals surface area contributed by atoms with E-state index in [2.05, 4.69) is 20.3 Å². The van der Waals surface area contributed by atoms with Crippen LogP contribution in [0.4, 0.5) is 10.2 Å². The molecule has 5 nitrogen and oxygen atoms in total. The van der Waals surface area contributed by atoms with Gasteiger partial charge in [-0.3, -0.25) is 0 Å². The summed E-state index contributed by atoms with van der Waals surface area (Å²) in [6, 6.07) is 0. The Morgan fingerprint density at radius 1 is 1.41 bits per heavy atom. The molecule has 0 aliphatic carbocycles. The van der Waals surface area contributed by atoms with E-state index in [1.807, 2.05) is 14.0 Å². The summed E-state index contributed by atoms with van der Waals surface area (Å²) in [6.45, 7) is 4.12. The maximum Gasteiger partial charge on any atom is 0.186 e. The van der Waals surface area contributed by atoms with Crippen molar-refractivity contribution in [3.8, 4) is 11.5 Å². The van der Waals surface area contributed by atoms with Crippen LogP contribution in [0.5, 0.6) is 0 Å². The predicted molar refractivity (Wildman–Crippen MR) is 63.1 cm³/mol. The van der Waals surface area contributed by atoms with Crippen molar-refractivity contribution in [3.63, 3.8) is 0 Å². The van der Waals surface area contributed by atoms with Crippen molar-refractivity contribution in [2.45, 2.75) is 13.8 Å². The summed E-state index contributed by atoms with van der Waals surface area (Å²) in [5, 5.41) is 2.88. The number of aromatic nitrogens is 4. The quantitative estimate of drug-likeness (QED) is 0.880. The SMILES string of the molecule is CCNc1nc(-c2cncn2C)nc(C)c1F. The summed E-state index contributed by atoms with van der Waals surface area (Å²) in [5.41, 5.74) is 1.08. The van der Waals surface area contributed by atoms with Gasteiger partial charge in [0.05, 0.1) is 18.2 Å². The Kier molecular flexibility index (Phi) is 3.03. The third-order valence-electron chi connectivity index (χ3n) is 2.41. The number of rotatable bonds is 3. The highest BCUT2D eigenvalue weighted by atomic mass is 19.1. The van der Waals surface area contributed by atoms with Crippen LogP contribution in [-0.4, -0.2) is 26.1 Å². The van der Waals surface area contributed by atoms with E-state index in [0.29, 0.717) is 18.1 Å². The molecule has 0 unspecified atom stereocenters. The lowest BCUT2D eigenvalue weighted by molar-refractivity contribution is 0.605. The third-order valence-corrected chi connectivity index (χ3v) is 2.41. The van der Waals surface area contributed by atoms with Gasteiger partial charge < -0.3 is 9.88 Å². The van der Waals surface area contributed by atoms with Gasteiger partial charge in [-0.05, 0) is 13.8 Å². The van der Waals surface area contributed by atoms with Crippen LogP contribution in [-0.2, 0) is 7.05 Å². The van der Waals surface area contributed by atoms with Crippen LogP contribution in [0.3, 0.4) is 0 Å². The van der Waals surface area contributed by atoms with E-state index < -0.39 is 5.82 Å². The normalized spacial score (nSPS) is 10.6. The van der Waals surface area contributed by atoms with Gasteiger partial charge in [0.1, 0.15) is 5.69 Å². The fraction of sp³-hybridized carbons (Fsp3) is 0.364. The van der Waals surface area contributed by atoms with E-state index >= 15 is 0 Å². The number of nitrogens with zero attached hydrogens (tertiary/aromatic N) is 4. The molecule has 90 valence electrons. The highest BCUT2D eigenvalue weighted by Crippen LogP contribution is 2.20. The molecule has 6 heteroatoms. The van der Waals surface area contributed by atoms with Gasteiger partial charge in [0.25, 0.3) is 0 Å². The first-order valence-electron chi connectivity index (χ1n) is 5.38. The number of hydrogen-bond acceptors (Lipinski definition) is 4. The van der Waals surface area contributed by atoms with E-state index in [-0.39, 0.29) is 5.82 Å². The highest BCUT2D eigenvalue weighted by Gasteiger charge is 2.13. The lowest BCUT2D eigenvalue weighted by atomic mass is 10.3. The molecule has 0 bridgehead atoms. The molecular formula is C11H14FN5. The Hall–Kier alpha value is -1.98. The van der Waals surface area contributed by atoms with Crippen molar-refractivity contribution in [1.29, 1.82) is 0 Å². The summed E-state index contributed by atoms with van der Waals surface area (Å²) in [5.74, 6) is 0.300. The zero-order valence-corrected chi connectivity index (χ0v) is 10.0. The zero-order chi connectivity index (χ0) is 12.4. The fourth-order valence-electron chi connectivity index (χ4n) is 1.53. The molecule has 0 aliphatic heterocycles.